The van der Waals surface area contributed by atoms with Crippen molar-refractivity contribution in [3.05, 3.63) is 182 Å². The van der Waals surface area contributed by atoms with E-state index in [1.807, 2.05) is 12.1 Å². The Hall–Kier alpha value is -4.35. The van der Waals surface area contributed by atoms with Crippen LogP contribution in [0.2, 0.25) is 15.1 Å². The first-order valence-electron chi connectivity index (χ1n) is 25.5. The average molecular weight is 1010 g/mol. The first-order chi connectivity index (χ1) is 34.0. The van der Waals surface area contributed by atoms with Gasteiger partial charge in [-0.15, -0.1) is 0 Å². The van der Waals surface area contributed by atoms with E-state index in [1.165, 1.54) is 31.1 Å². The third-order valence-corrected chi connectivity index (χ3v) is 30.5. The third kappa shape index (κ3) is 9.69. The summed E-state index contributed by atoms with van der Waals surface area (Å²) < 4.78 is 46.6. The molecular formula is C60H74O8Si3. The van der Waals surface area contributed by atoms with Gasteiger partial charge in [-0.2, -0.15) is 0 Å². The van der Waals surface area contributed by atoms with Gasteiger partial charge in [-0.3, -0.25) is 0 Å². The Balaban J connectivity index is 0.000000197. The van der Waals surface area contributed by atoms with Crippen molar-refractivity contribution in [1.82, 2.24) is 0 Å². The van der Waals surface area contributed by atoms with Crippen LogP contribution in [0.15, 0.2) is 182 Å². The molecule has 0 bridgehead atoms. The molecule has 0 amide bonds. The van der Waals surface area contributed by atoms with Crippen LogP contribution in [0.1, 0.15) is 62.3 Å². The molecular weight excluding hydrogens is 933 g/mol. The van der Waals surface area contributed by atoms with Crippen molar-refractivity contribution < 1.29 is 37.3 Å². The van der Waals surface area contributed by atoms with Crippen LogP contribution in [-0.4, -0.2) is 93.5 Å². The van der Waals surface area contributed by atoms with E-state index < -0.39 is 31.1 Å². The number of hydrogen-bond donors (Lipinski definition) is 1. The van der Waals surface area contributed by atoms with Gasteiger partial charge in [0.15, 0.2) is 12.6 Å². The van der Waals surface area contributed by atoms with Gasteiger partial charge in [-0.05, 0) is 46.2 Å². The zero-order valence-electron chi connectivity index (χ0n) is 43.1. The number of aliphatic hydroxyl groups is 1. The minimum absolute atomic E-state index is 0.0432. The van der Waals surface area contributed by atoms with Crippen LogP contribution in [0.4, 0.5) is 0 Å². The van der Waals surface area contributed by atoms with Crippen molar-refractivity contribution in [3.63, 3.8) is 0 Å². The standard InChI is InChI=1S/C38H46O4Si2.C22H28O4Si/c1-37(2,3)43(29-19-11-7-12-20-29,30-21-13-8-14-22-30)41-33-27-39-36-35(33)34(28-40-36)42-44(38(4,5)6,31-23-15-9-16-24-31)32-25-17-10-18-26-32;1-22(2,3)27(16-10-6-4-7-11-16,17-12-8-5-9-13-17)26-19-15-25-21-20(19)18(23)14-24-21/h7-26,33-36H,27-28H2,1-6H3;4-13,18-21,23H,14-15H2,1-3H3/t33-,34-,35?,36?;18-,19-,20-,21+/m00/s1. The Morgan fingerprint density at radius 3 is 0.789 bits per heavy atom. The lowest BCUT2D eigenvalue weighted by atomic mass is 10.0. The maximum atomic E-state index is 10.4. The van der Waals surface area contributed by atoms with Gasteiger partial charge in [0.05, 0.1) is 62.7 Å². The molecule has 4 aliphatic rings. The van der Waals surface area contributed by atoms with Crippen molar-refractivity contribution >= 4 is 56.1 Å². The van der Waals surface area contributed by atoms with Crippen molar-refractivity contribution in [3.8, 4) is 0 Å². The third-order valence-electron chi connectivity index (χ3n) is 15.3. The molecule has 0 unspecified atom stereocenters. The number of benzene rings is 6. The molecule has 1 N–H and O–H groups in total. The molecule has 10 rings (SSSR count). The predicted octanol–water partition coefficient (Wildman–Crippen LogP) is 8.17. The molecule has 4 aliphatic heterocycles. The highest BCUT2D eigenvalue weighted by atomic mass is 28.4. The molecule has 8 nitrogen and oxygen atoms in total. The highest BCUT2D eigenvalue weighted by molar-refractivity contribution is 7.00. The van der Waals surface area contributed by atoms with Gasteiger partial charge in [0, 0.05) is 0 Å². The molecule has 4 fully saturated rings. The van der Waals surface area contributed by atoms with E-state index >= 15 is 0 Å². The summed E-state index contributed by atoms with van der Waals surface area (Å²) in [7, 11) is -8.26. The fraction of sp³-hybridized carbons (Fsp3) is 0.400. The fourth-order valence-corrected chi connectivity index (χ4v) is 26.1. The maximum Gasteiger partial charge on any atom is 0.261 e. The van der Waals surface area contributed by atoms with Crippen LogP contribution in [0.5, 0.6) is 0 Å². The van der Waals surface area contributed by atoms with Gasteiger partial charge < -0.3 is 37.3 Å². The van der Waals surface area contributed by atoms with Gasteiger partial charge >= 0.3 is 0 Å². The fourth-order valence-electron chi connectivity index (χ4n) is 12.0. The largest absolute Gasteiger partial charge is 0.402 e. The summed E-state index contributed by atoms with van der Waals surface area (Å²) in [5, 5.41) is 17.6. The number of ether oxygens (including phenoxy) is 4. The number of aliphatic hydroxyl groups excluding tert-OH is 1. The van der Waals surface area contributed by atoms with Gasteiger partial charge in [0.2, 0.25) is 0 Å². The highest BCUT2D eigenvalue weighted by Crippen LogP contribution is 2.46. The van der Waals surface area contributed by atoms with Crippen molar-refractivity contribution in [2.75, 3.05) is 26.4 Å². The summed E-state index contributed by atoms with van der Waals surface area (Å²) in [4.78, 5) is 0. The van der Waals surface area contributed by atoms with Crippen LogP contribution in [-0.2, 0) is 32.2 Å². The van der Waals surface area contributed by atoms with E-state index in [2.05, 4.69) is 232 Å². The average Bonchev–Trinajstić information content (AvgIpc) is 4.17. The Morgan fingerprint density at radius 1 is 0.338 bits per heavy atom. The number of rotatable bonds is 12. The SMILES string of the molecule is CC(C)(C)[Si](O[C@H]1COC2OC[C@H](O[Si](c3ccccc3)(c3ccccc3)C(C)(C)C)C21)(c1ccccc1)c1ccccc1.CC(C)(C)[Si](O[C@H]1CO[C@H]2OC[C@H](O)[C@H]21)(c1ccccc1)c1ccccc1. The summed E-state index contributed by atoms with van der Waals surface area (Å²) in [6.07, 6.45) is -1.77. The Kier molecular flexibility index (Phi) is 15.2. The van der Waals surface area contributed by atoms with E-state index in [0.29, 0.717) is 26.4 Å². The second kappa shape index (κ2) is 20.9. The van der Waals surface area contributed by atoms with E-state index in [4.69, 9.17) is 32.2 Å². The summed E-state index contributed by atoms with van der Waals surface area (Å²) >= 11 is 0. The quantitative estimate of drug-likeness (QED) is 0.123. The second-order valence-corrected chi connectivity index (χ2v) is 35.5. The molecule has 6 atom stereocenters. The minimum Gasteiger partial charge on any atom is -0.402 e. The lowest BCUT2D eigenvalue weighted by molar-refractivity contribution is -0.0912. The lowest BCUT2D eigenvalue weighted by Crippen LogP contribution is -2.70. The Bertz CT molecular complexity index is 2370. The maximum absolute atomic E-state index is 10.4. The molecule has 6 aromatic rings. The molecule has 0 spiro atoms. The van der Waals surface area contributed by atoms with Crippen molar-refractivity contribution in [2.24, 2.45) is 11.8 Å². The van der Waals surface area contributed by atoms with Crippen molar-refractivity contribution in [1.29, 1.82) is 0 Å². The smallest absolute Gasteiger partial charge is 0.261 e. The molecule has 0 aromatic heterocycles. The molecule has 4 heterocycles. The van der Waals surface area contributed by atoms with Crippen LogP contribution in [0.25, 0.3) is 0 Å². The molecule has 11 heteroatoms. The number of hydrogen-bond acceptors (Lipinski definition) is 8. The van der Waals surface area contributed by atoms with Gasteiger partial charge in [0.1, 0.15) is 0 Å². The number of fused-ring (bicyclic) bond motifs is 2. The topological polar surface area (TPSA) is 84.8 Å². The van der Waals surface area contributed by atoms with Crippen LogP contribution in [0.3, 0.4) is 0 Å². The van der Waals surface area contributed by atoms with Crippen LogP contribution >= 0.6 is 0 Å². The first kappa shape index (κ1) is 51.5. The first-order valence-corrected chi connectivity index (χ1v) is 31.2. The molecule has 71 heavy (non-hydrogen) atoms. The minimum atomic E-state index is -2.81. The summed E-state index contributed by atoms with van der Waals surface area (Å²) in [5.74, 6) is -0.176. The van der Waals surface area contributed by atoms with E-state index in [1.54, 1.807) is 0 Å². The molecule has 0 aliphatic carbocycles. The monoisotopic (exact) mass is 1010 g/mol. The molecule has 0 radical (unpaired) electrons. The molecule has 6 aromatic carbocycles. The van der Waals surface area contributed by atoms with E-state index in [0.717, 1.165) is 0 Å². The zero-order chi connectivity index (χ0) is 50.1. The van der Waals surface area contributed by atoms with Crippen LogP contribution < -0.4 is 31.1 Å². The predicted molar refractivity (Wildman–Crippen MR) is 292 cm³/mol. The van der Waals surface area contributed by atoms with E-state index in [-0.39, 0.29) is 57.8 Å². The second-order valence-electron chi connectivity index (χ2n) is 22.8. The summed E-state index contributed by atoms with van der Waals surface area (Å²) in [6.45, 7) is 22.5. The summed E-state index contributed by atoms with van der Waals surface area (Å²) in [5.41, 5.74) is 0. The molecule has 0 saturated carbocycles. The Morgan fingerprint density at radius 2 is 0.549 bits per heavy atom. The van der Waals surface area contributed by atoms with Crippen LogP contribution in [0, 0.1) is 11.8 Å². The lowest BCUT2D eigenvalue weighted by Gasteiger charge is -2.47. The van der Waals surface area contributed by atoms with Crippen molar-refractivity contribution in [2.45, 2.75) is 114 Å². The highest BCUT2D eigenvalue weighted by Gasteiger charge is 2.61. The van der Waals surface area contributed by atoms with Gasteiger partial charge in [0.25, 0.3) is 25.0 Å². The van der Waals surface area contributed by atoms with E-state index in [9.17, 15) is 5.11 Å². The van der Waals surface area contributed by atoms with Gasteiger partial charge in [-0.25, -0.2) is 0 Å². The normalized spacial score (nSPS) is 24.8. The molecule has 4 saturated heterocycles. The molecule has 374 valence electrons. The summed E-state index contributed by atoms with van der Waals surface area (Å²) in [6, 6.07) is 64.5. The Labute approximate surface area is 426 Å². The van der Waals surface area contributed by atoms with Gasteiger partial charge in [-0.1, -0.05) is 244 Å². The zero-order valence-corrected chi connectivity index (χ0v) is 46.1.